The van der Waals surface area contributed by atoms with E-state index in [1.165, 1.54) is 59.5 Å². The van der Waals surface area contributed by atoms with Crippen LogP contribution in [-0.4, -0.2) is 49.4 Å². The Bertz CT molecular complexity index is 2380. The molecule has 0 aliphatic carbocycles. The molecule has 0 radical (unpaired) electrons. The van der Waals surface area contributed by atoms with Crippen LogP contribution in [0.5, 0.6) is 0 Å². The van der Waals surface area contributed by atoms with Gasteiger partial charge in [-0.2, -0.15) is 33.8 Å². The number of hydrogen-bond donors (Lipinski definition) is 4. The Morgan fingerprint density at radius 2 is 1.15 bits per heavy atom. The summed E-state index contributed by atoms with van der Waals surface area (Å²) in [6.45, 7) is 4.92. The lowest BCUT2D eigenvalue weighted by molar-refractivity contribution is 0.581. The third-order valence-corrected chi connectivity index (χ3v) is 17.5. The molecule has 2 heterocycles. The lowest BCUT2D eigenvalue weighted by atomic mass is 10.2. The lowest BCUT2D eigenvalue weighted by Gasteiger charge is -2.25. The Hall–Kier alpha value is -3.85. The maximum atomic E-state index is 13.8. The van der Waals surface area contributed by atoms with Gasteiger partial charge in [-0.1, -0.05) is 54.6 Å². The van der Waals surface area contributed by atoms with Gasteiger partial charge in [0.25, 0.3) is 30.1 Å². The first-order valence-electron chi connectivity index (χ1n) is 14.9. The van der Waals surface area contributed by atoms with E-state index < -0.39 is 35.9 Å². The summed E-state index contributed by atoms with van der Waals surface area (Å²) >= 11 is 5.44. The standard InChI is InChI=1S/C20H21N3O4S4.C13H15N3O2S3/c1-13-8-4-6-10-16(13)30(24,25)23(15-12-18(28-3)29-19(15)20(21)22)31(26,27)17-11-7-5-9-14(17)2;1-9-5-3-4-6-11(9)21(17,18)16-15-13(14)10-7-8-12(19-2)20-10/h4-12H,1-3H3,(H3,21,22);3-8,16H,1-2H3,(H2,14,15). The van der Waals surface area contributed by atoms with Crippen LogP contribution in [-0.2, 0) is 30.1 Å². The maximum Gasteiger partial charge on any atom is 0.277 e. The lowest BCUT2D eigenvalue weighted by Crippen LogP contribution is -2.38. The van der Waals surface area contributed by atoms with Gasteiger partial charge < -0.3 is 11.5 Å². The first-order chi connectivity index (χ1) is 24.4. The fraction of sp³-hybridized carbons (Fsp3) is 0.152. The molecule has 0 unspecified atom stereocenters. The Balaban J connectivity index is 0.000000251. The van der Waals surface area contributed by atoms with Crippen molar-refractivity contribution in [2.45, 2.75) is 43.9 Å². The summed E-state index contributed by atoms with van der Waals surface area (Å²) in [6, 6.07) is 24.2. The third-order valence-electron chi connectivity index (χ3n) is 7.22. The topological polar surface area (TPSA) is 206 Å². The molecule has 19 heteroatoms. The SMILES string of the molecule is CSc1cc(N(S(=O)(=O)c2ccccc2C)S(=O)(=O)c2ccccc2C)c(C(=N)N)s1.CSc1ccc(C(N)=NNS(=O)(=O)c2ccccc2C)s1. The highest BCUT2D eigenvalue weighted by Crippen LogP contribution is 2.41. The predicted molar refractivity (Wildman–Crippen MR) is 215 cm³/mol. The number of nitrogen functional groups attached to an aromatic ring is 1. The molecule has 0 fully saturated rings. The van der Waals surface area contributed by atoms with E-state index in [1.807, 2.05) is 18.4 Å². The maximum absolute atomic E-state index is 13.8. The van der Waals surface area contributed by atoms with E-state index in [4.69, 9.17) is 16.9 Å². The van der Waals surface area contributed by atoms with Crippen molar-refractivity contribution in [2.24, 2.45) is 16.6 Å². The zero-order chi connectivity index (χ0) is 38.4. The van der Waals surface area contributed by atoms with Gasteiger partial charge in [0.2, 0.25) is 0 Å². The van der Waals surface area contributed by atoms with Crippen molar-refractivity contribution in [3.63, 3.8) is 0 Å². The quantitative estimate of drug-likeness (QED) is 0.0475. The number of thioether (sulfide) groups is 2. The van der Waals surface area contributed by atoms with Crippen LogP contribution in [0.4, 0.5) is 5.69 Å². The summed E-state index contributed by atoms with van der Waals surface area (Å²) in [5.74, 6) is -0.261. The molecule has 0 atom stereocenters. The summed E-state index contributed by atoms with van der Waals surface area (Å²) in [6.07, 6.45) is 3.74. The fourth-order valence-electron chi connectivity index (χ4n) is 4.69. The first-order valence-corrected chi connectivity index (χ1v) is 23.4. The van der Waals surface area contributed by atoms with Crippen LogP contribution in [0, 0.1) is 26.2 Å². The molecule has 2 aromatic heterocycles. The van der Waals surface area contributed by atoms with Crippen LogP contribution in [0.15, 0.2) is 119 Å². The van der Waals surface area contributed by atoms with Crippen LogP contribution in [0.3, 0.4) is 0 Å². The Kier molecular flexibility index (Phi) is 13.3. The monoisotopic (exact) mass is 836 g/mol. The van der Waals surface area contributed by atoms with Crippen molar-refractivity contribution in [1.82, 2.24) is 4.83 Å². The molecule has 6 N–H and O–H groups in total. The number of anilines is 1. The molecular weight excluding hydrogens is 801 g/mol. The van der Waals surface area contributed by atoms with Gasteiger partial charge >= 0.3 is 0 Å². The number of thiophene rings is 2. The zero-order valence-electron chi connectivity index (χ0n) is 28.5. The van der Waals surface area contributed by atoms with Crippen molar-refractivity contribution in [1.29, 1.82) is 5.41 Å². The van der Waals surface area contributed by atoms with Crippen molar-refractivity contribution in [2.75, 3.05) is 16.2 Å². The van der Waals surface area contributed by atoms with Gasteiger partial charge in [-0.3, -0.25) is 5.41 Å². The highest BCUT2D eigenvalue weighted by atomic mass is 32.3. The van der Waals surface area contributed by atoms with E-state index in [0.29, 0.717) is 24.6 Å². The van der Waals surface area contributed by atoms with Gasteiger partial charge in [-0.05, 0) is 86.4 Å². The molecule has 52 heavy (non-hydrogen) atoms. The van der Waals surface area contributed by atoms with Gasteiger partial charge in [0.15, 0.2) is 5.84 Å². The minimum Gasteiger partial charge on any atom is -0.383 e. The molecule has 5 aromatic rings. The van der Waals surface area contributed by atoms with E-state index in [9.17, 15) is 25.3 Å². The van der Waals surface area contributed by atoms with Crippen LogP contribution in [0.1, 0.15) is 26.4 Å². The molecule has 0 aliphatic heterocycles. The van der Waals surface area contributed by atoms with E-state index in [-0.39, 0.29) is 31.1 Å². The summed E-state index contributed by atoms with van der Waals surface area (Å²) in [7, 11) is -12.8. The van der Waals surface area contributed by atoms with Crippen LogP contribution >= 0.6 is 46.2 Å². The van der Waals surface area contributed by atoms with Crippen LogP contribution in [0.25, 0.3) is 0 Å². The van der Waals surface area contributed by atoms with Crippen molar-refractivity contribution >= 4 is 93.6 Å². The Labute approximate surface area is 321 Å². The largest absolute Gasteiger partial charge is 0.383 e. The molecule has 0 spiro atoms. The van der Waals surface area contributed by atoms with Gasteiger partial charge in [-0.25, -0.2) is 0 Å². The number of hydrogen-bond acceptors (Lipinski definition) is 12. The van der Waals surface area contributed by atoms with E-state index in [1.54, 1.807) is 81.3 Å². The number of hydrazone groups is 1. The van der Waals surface area contributed by atoms with Crippen LogP contribution in [0.2, 0.25) is 0 Å². The third kappa shape index (κ3) is 9.02. The number of nitrogens with two attached hydrogens (primary N) is 2. The number of sulfonamides is 3. The van der Waals surface area contributed by atoms with E-state index in [0.717, 1.165) is 20.4 Å². The average Bonchev–Trinajstić information content (AvgIpc) is 3.76. The van der Waals surface area contributed by atoms with Crippen molar-refractivity contribution in [3.05, 3.63) is 117 Å². The van der Waals surface area contributed by atoms with Gasteiger partial charge in [-0.15, -0.1) is 51.3 Å². The summed E-state index contributed by atoms with van der Waals surface area (Å²) in [5, 5.41) is 11.7. The number of amidine groups is 2. The Morgan fingerprint density at radius 1 is 0.692 bits per heavy atom. The number of rotatable bonds is 12. The fourth-order valence-corrected chi connectivity index (χ4v) is 13.0. The summed E-state index contributed by atoms with van der Waals surface area (Å²) in [5.41, 5.74) is 12.8. The molecule has 0 amide bonds. The minimum atomic E-state index is -4.57. The van der Waals surface area contributed by atoms with Gasteiger partial charge in [0, 0.05) is 0 Å². The number of aryl methyl sites for hydroxylation is 3. The molecule has 12 nitrogen and oxygen atoms in total. The molecule has 5 rings (SSSR count). The minimum absolute atomic E-state index is 0.0682. The summed E-state index contributed by atoms with van der Waals surface area (Å²) in [4.78, 5) is 2.89. The molecule has 0 saturated heterocycles. The second-order valence-corrected chi connectivity index (χ2v) is 20.5. The normalized spacial score (nSPS) is 12.1. The predicted octanol–water partition coefficient (Wildman–Crippen LogP) is 6.33. The second kappa shape index (κ2) is 16.9. The zero-order valence-corrected chi connectivity index (χ0v) is 34.2. The smallest absolute Gasteiger partial charge is 0.277 e. The van der Waals surface area contributed by atoms with Crippen LogP contribution < -0.4 is 20.0 Å². The average molecular weight is 837 g/mol. The van der Waals surface area contributed by atoms with Gasteiger partial charge in [0.1, 0.15) is 5.84 Å². The summed E-state index contributed by atoms with van der Waals surface area (Å²) < 4.78 is 81.6. The molecular formula is C33H36N6O6S7. The molecule has 0 saturated carbocycles. The Morgan fingerprint density at radius 3 is 1.58 bits per heavy atom. The molecule has 0 bridgehead atoms. The van der Waals surface area contributed by atoms with E-state index in [2.05, 4.69) is 9.93 Å². The molecule has 3 aromatic carbocycles. The number of nitrogens with zero attached hydrogens (tertiary/aromatic N) is 2. The second-order valence-electron chi connectivity index (χ2n) is 10.8. The number of benzene rings is 3. The van der Waals surface area contributed by atoms with Gasteiger partial charge in [0.05, 0.1) is 38.5 Å². The molecule has 0 aliphatic rings. The van der Waals surface area contributed by atoms with Crippen molar-refractivity contribution in [3.8, 4) is 0 Å². The first kappa shape index (κ1) is 40.9. The van der Waals surface area contributed by atoms with E-state index >= 15 is 0 Å². The highest BCUT2D eigenvalue weighted by molar-refractivity contribution is 8.10. The number of nitrogens with one attached hydrogen (secondary N) is 2. The molecule has 276 valence electrons. The van der Waals surface area contributed by atoms with Crippen molar-refractivity contribution < 1.29 is 25.3 Å². The highest BCUT2D eigenvalue weighted by Gasteiger charge is 2.40.